The summed E-state index contributed by atoms with van der Waals surface area (Å²) in [5, 5.41) is 0. The molecule has 1 fully saturated rings. The summed E-state index contributed by atoms with van der Waals surface area (Å²) in [5.74, 6) is 0.0815. The van der Waals surface area contributed by atoms with E-state index in [0.717, 1.165) is 36.1 Å². The van der Waals surface area contributed by atoms with Gasteiger partial charge in [-0.1, -0.05) is 48.5 Å². The fraction of sp³-hybridized carbons (Fsp3) is 0.350. The molecule has 0 spiro atoms. The quantitative estimate of drug-likeness (QED) is 0.602. The van der Waals surface area contributed by atoms with Crippen molar-refractivity contribution in [2.24, 2.45) is 0 Å². The van der Waals surface area contributed by atoms with Crippen LogP contribution in [0.1, 0.15) is 23.2 Å². The molecule has 1 aliphatic heterocycles. The Bertz CT molecular complexity index is 672. The third kappa shape index (κ3) is 3.66. The third-order valence-corrected chi connectivity index (χ3v) is 4.39. The number of benzene rings is 2. The first kappa shape index (κ1) is 16.7. The van der Waals surface area contributed by atoms with Crippen LogP contribution >= 0.6 is 0 Å². The van der Waals surface area contributed by atoms with E-state index >= 15 is 0 Å². The van der Waals surface area contributed by atoms with Gasteiger partial charge in [0.25, 0.3) is 5.91 Å². The summed E-state index contributed by atoms with van der Waals surface area (Å²) in [6.07, 6.45) is 1.99. The molecule has 1 heterocycles. The van der Waals surface area contributed by atoms with Crippen molar-refractivity contribution in [1.82, 2.24) is 4.90 Å². The number of methoxy groups -OCH3 is 1. The molecular formula is C20H23NO3. The van der Waals surface area contributed by atoms with Gasteiger partial charge in [0.05, 0.1) is 12.6 Å². The molecule has 4 nitrogen and oxygen atoms in total. The van der Waals surface area contributed by atoms with Gasteiger partial charge in [-0.05, 0) is 30.0 Å². The van der Waals surface area contributed by atoms with Crippen LogP contribution in [0.3, 0.4) is 0 Å². The zero-order valence-electron chi connectivity index (χ0n) is 14.0. The number of amides is 1. The van der Waals surface area contributed by atoms with E-state index in [9.17, 15) is 4.79 Å². The molecular weight excluding hydrogens is 302 g/mol. The van der Waals surface area contributed by atoms with Crippen molar-refractivity contribution in [2.75, 3.05) is 27.1 Å². The highest BCUT2D eigenvalue weighted by atomic mass is 16.7. The summed E-state index contributed by atoms with van der Waals surface area (Å²) >= 11 is 0. The maximum atomic E-state index is 13.1. The predicted molar refractivity (Wildman–Crippen MR) is 93.8 cm³/mol. The van der Waals surface area contributed by atoms with E-state index in [0.29, 0.717) is 6.61 Å². The molecule has 1 amide bonds. The SMILES string of the molecule is COCOC[C@@H]1CCCN1C(=O)c1ccccc1-c1ccccc1. The molecule has 0 aliphatic carbocycles. The molecule has 2 aromatic rings. The van der Waals surface area contributed by atoms with Crippen molar-refractivity contribution in [3.63, 3.8) is 0 Å². The Morgan fingerprint density at radius 1 is 1.12 bits per heavy atom. The normalized spacial score (nSPS) is 17.2. The van der Waals surface area contributed by atoms with Crippen LogP contribution in [-0.4, -0.2) is 43.9 Å². The molecule has 2 aromatic carbocycles. The number of likely N-dealkylation sites (tertiary alicyclic amines) is 1. The monoisotopic (exact) mass is 325 g/mol. The van der Waals surface area contributed by atoms with Gasteiger partial charge in [-0.2, -0.15) is 0 Å². The summed E-state index contributed by atoms with van der Waals surface area (Å²) < 4.78 is 10.4. The molecule has 0 N–H and O–H groups in total. The van der Waals surface area contributed by atoms with Crippen LogP contribution in [-0.2, 0) is 9.47 Å². The minimum Gasteiger partial charge on any atom is -0.359 e. The zero-order chi connectivity index (χ0) is 16.8. The molecule has 0 saturated carbocycles. The highest BCUT2D eigenvalue weighted by molar-refractivity contribution is 6.01. The largest absolute Gasteiger partial charge is 0.359 e. The van der Waals surface area contributed by atoms with Crippen LogP contribution in [0.5, 0.6) is 0 Å². The van der Waals surface area contributed by atoms with Crippen LogP contribution in [0.4, 0.5) is 0 Å². The van der Waals surface area contributed by atoms with E-state index < -0.39 is 0 Å². The molecule has 0 aromatic heterocycles. The van der Waals surface area contributed by atoms with E-state index in [4.69, 9.17) is 9.47 Å². The average Bonchev–Trinajstić information content (AvgIpc) is 3.10. The second kappa shape index (κ2) is 8.08. The first-order valence-corrected chi connectivity index (χ1v) is 8.33. The standard InChI is InChI=1S/C20H23NO3/c1-23-15-24-14-17-10-7-13-21(17)20(22)19-12-6-5-11-18(19)16-8-3-2-4-9-16/h2-6,8-9,11-12,17H,7,10,13-15H2,1H3/t17-/m0/s1. The highest BCUT2D eigenvalue weighted by Gasteiger charge is 2.30. The number of hydrogen-bond acceptors (Lipinski definition) is 3. The Morgan fingerprint density at radius 2 is 1.88 bits per heavy atom. The number of carbonyl (C=O) groups is 1. The zero-order valence-corrected chi connectivity index (χ0v) is 14.0. The maximum absolute atomic E-state index is 13.1. The van der Waals surface area contributed by atoms with Gasteiger partial charge in [0, 0.05) is 19.2 Å². The number of carbonyl (C=O) groups excluding carboxylic acids is 1. The molecule has 4 heteroatoms. The van der Waals surface area contributed by atoms with Crippen LogP contribution in [0.2, 0.25) is 0 Å². The minimum atomic E-state index is 0.0815. The lowest BCUT2D eigenvalue weighted by atomic mass is 9.98. The first-order chi connectivity index (χ1) is 11.8. The number of hydrogen-bond donors (Lipinski definition) is 0. The smallest absolute Gasteiger partial charge is 0.254 e. The van der Waals surface area contributed by atoms with Gasteiger partial charge in [0.1, 0.15) is 6.79 Å². The lowest BCUT2D eigenvalue weighted by Crippen LogP contribution is -2.38. The second-order valence-electron chi connectivity index (χ2n) is 5.98. The lowest BCUT2D eigenvalue weighted by molar-refractivity contribution is -0.0448. The Morgan fingerprint density at radius 3 is 2.67 bits per heavy atom. The molecule has 0 bridgehead atoms. The molecule has 24 heavy (non-hydrogen) atoms. The molecule has 1 aliphatic rings. The van der Waals surface area contributed by atoms with Gasteiger partial charge in [-0.25, -0.2) is 0 Å². The Labute approximate surface area is 143 Å². The van der Waals surface area contributed by atoms with Crippen molar-refractivity contribution in [2.45, 2.75) is 18.9 Å². The average molecular weight is 325 g/mol. The summed E-state index contributed by atoms with van der Waals surface area (Å²) in [6, 6.07) is 18.0. The fourth-order valence-electron chi connectivity index (χ4n) is 3.24. The number of rotatable bonds is 6. The van der Waals surface area contributed by atoms with E-state index in [-0.39, 0.29) is 18.7 Å². The second-order valence-corrected chi connectivity index (χ2v) is 5.98. The summed E-state index contributed by atoms with van der Waals surface area (Å²) in [6.45, 7) is 1.56. The van der Waals surface area contributed by atoms with Crippen LogP contribution in [0, 0.1) is 0 Å². The van der Waals surface area contributed by atoms with E-state index in [2.05, 4.69) is 0 Å². The number of nitrogens with zero attached hydrogens (tertiary/aromatic N) is 1. The topological polar surface area (TPSA) is 38.8 Å². The first-order valence-electron chi connectivity index (χ1n) is 8.33. The van der Waals surface area contributed by atoms with Crippen molar-refractivity contribution in [3.05, 3.63) is 60.2 Å². The van der Waals surface area contributed by atoms with Crippen molar-refractivity contribution in [3.8, 4) is 11.1 Å². The molecule has 1 saturated heterocycles. The Balaban J connectivity index is 1.82. The Kier molecular flexibility index (Phi) is 5.62. The third-order valence-electron chi connectivity index (χ3n) is 4.39. The maximum Gasteiger partial charge on any atom is 0.254 e. The van der Waals surface area contributed by atoms with E-state index in [1.165, 1.54) is 0 Å². The summed E-state index contributed by atoms with van der Waals surface area (Å²) in [7, 11) is 1.60. The molecule has 1 atom stereocenters. The Hall–Kier alpha value is -2.17. The van der Waals surface area contributed by atoms with Gasteiger partial charge >= 0.3 is 0 Å². The summed E-state index contributed by atoms with van der Waals surface area (Å²) in [4.78, 5) is 15.1. The highest BCUT2D eigenvalue weighted by Crippen LogP contribution is 2.27. The van der Waals surface area contributed by atoms with Crippen LogP contribution in [0.25, 0.3) is 11.1 Å². The van der Waals surface area contributed by atoms with Crippen LogP contribution in [0.15, 0.2) is 54.6 Å². The molecule has 126 valence electrons. The number of ether oxygens (including phenoxy) is 2. The van der Waals surface area contributed by atoms with Crippen molar-refractivity contribution < 1.29 is 14.3 Å². The minimum absolute atomic E-state index is 0.0815. The van der Waals surface area contributed by atoms with E-state index in [1.807, 2.05) is 59.5 Å². The van der Waals surface area contributed by atoms with Crippen LogP contribution < -0.4 is 0 Å². The van der Waals surface area contributed by atoms with Gasteiger partial charge in [0.15, 0.2) is 0 Å². The van der Waals surface area contributed by atoms with Gasteiger partial charge in [-0.3, -0.25) is 4.79 Å². The van der Waals surface area contributed by atoms with Gasteiger partial charge in [-0.15, -0.1) is 0 Å². The van der Waals surface area contributed by atoms with E-state index in [1.54, 1.807) is 7.11 Å². The van der Waals surface area contributed by atoms with Crippen molar-refractivity contribution >= 4 is 5.91 Å². The summed E-state index contributed by atoms with van der Waals surface area (Å²) in [5.41, 5.74) is 2.79. The van der Waals surface area contributed by atoms with Gasteiger partial charge < -0.3 is 14.4 Å². The lowest BCUT2D eigenvalue weighted by Gasteiger charge is -2.25. The fourth-order valence-corrected chi connectivity index (χ4v) is 3.24. The van der Waals surface area contributed by atoms with Crippen molar-refractivity contribution in [1.29, 1.82) is 0 Å². The molecule has 0 unspecified atom stereocenters. The molecule has 0 radical (unpaired) electrons. The molecule has 3 rings (SSSR count). The predicted octanol–water partition coefficient (Wildman–Crippen LogP) is 3.58. The van der Waals surface area contributed by atoms with Gasteiger partial charge in [0.2, 0.25) is 0 Å².